The van der Waals surface area contributed by atoms with Crippen LogP contribution in [0.1, 0.15) is 5.76 Å². The molecule has 0 radical (unpaired) electrons. The van der Waals surface area contributed by atoms with E-state index in [4.69, 9.17) is 10.2 Å². The van der Waals surface area contributed by atoms with Crippen LogP contribution in [0.3, 0.4) is 0 Å². The average Bonchev–Trinajstić information content (AvgIpc) is 2.57. The molecule has 1 heterocycles. The summed E-state index contributed by atoms with van der Waals surface area (Å²) in [5, 5.41) is 0. The Morgan fingerprint density at radius 2 is 2.07 bits per heavy atom. The summed E-state index contributed by atoms with van der Waals surface area (Å²) in [5.41, 5.74) is 6.43. The largest absolute Gasteiger partial charge is 0.468 e. The summed E-state index contributed by atoms with van der Waals surface area (Å²) in [7, 11) is 0. The lowest BCUT2D eigenvalue weighted by Gasteiger charge is -2.03. The summed E-state index contributed by atoms with van der Waals surface area (Å²) in [5.74, 6) is 0.934. The zero-order valence-corrected chi connectivity index (χ0v) is 10.6. The average molecular weight is 284 g/mol. The van der Waals surface area contributed by atoms with Gasteiger partial charge in [0.2, 0.25) is 0 Å². The van der Waals surface area contributed by atoms with Gasteiger partial charge in [0, 0.05) is 15.1 Å². The number of nitrogen functional groups attached to an aromatic ring is 1. The van der Waals surface area contributed by atoms with Gasteiger partial charge in [-0.25, -0.2) is 0 Å². The third-order valence-electron chi connectivity index (χ3n) is 1.99. The Bertz CT molecular complexity index is 481. The van der Waals surface area contributed by atoms with Gasteiger partial charge in [0.05, 0.1) is 11.2 Å². The van der Waals surface area contributed by atoms with E-state index >= 15 is 0 Å². The second-order valence-corrected chi connectivity index (χ2v) is 5.07. The van der Waals surface area contributed by atoms with Gasteiger partial charge < -0.3 is 10.2 Å². The molecule has 2 N–H and O–H groups in total. The molecule has 1 aromatic carbocycles. The van der Waals surface area contributed by atoms with Crippen LogP contribution in [0.25, 0.3) is 0 Å². The van der Waals surface area contributed by atoms with Gasteiger partial charge >= 0.3 is 0 Å². The highest BCUT2D eigenvalue weighted by Crippen LogP contribution is 2.36. The molecular formula is C11H10BrNOS. The van der Waals surface area contributed by atoms with Crippen LogP contribution >= 0.6 is 27.7 Å². The number of hydrogen-bond acceptors (Lipinski definition) is 3. The molecule has 0 atom stereocenters. The monoisotopic (exact) mass is 283 g/mol. The standard InChI is InChI=1S/C11H10BrNOS/c1-7-10(4-5-14-7)15-11-3-2-8(13)6-9(11)12/h2-6H,13H2,1H3. The van der Waals surface area contributed by atoms with Crippen molar-refractivity contribution < 1.29 is 4.42 Å². The van der Waals surface area contributed by atoms with Crippen molar-refractivity contribution in [2.45, 2.75) is 16.7 Å². The van der Waals surface area contributed by atoms with Crippen LogP contribution in [-0.2, 0) is 0 Å². The Hall–Kier alpha value is -0.870. The molecule has 2 aromatic rings. The predicted octanol–water partition coefficient (Wildman–Crippen LogP) is 4.08. The number of aryl methyl sites for hydroxylation is 1. The summed E-state index contributed by atoms with van der Waals surface area (Å²) in [4.78, 5) is 2.26. The second kappa shape index (κ2) is 4.33. The first-order valence-corrected chi connectivity index (χ1v) is 6.05. The van der Waals surface area contributed by atoms with Gasteiger partial charge in [0.25, 0.3) is 0 Å². The highest BCUT2D eigenvalue weighted by atomic mass is 79.9. The van der Waals surface area contributed by atoms with Gasteiger partial charge in [0.1, 0.15) is 5.76 Å². The summed E-state index contributed by atoms with van der Waals surface area (Å²) in [6.07, 6.45) is 1.70. The van der Waals surface area contributed by atoms with Crippen molar-refractivity contribution in [3.05, 3.63) is 40.8 Å². The van der Waals surface area contributed by atoms with E-state index in [1.165, 1.54) is 0 Å². The van der Waals surface area contributed by atoms with Gasteiger partial charge in [-0.1, -0.05) is 11.8 Å². The Morgan fingerprint density at radius 1 is 1.27 bits per heavy atom. The Balaban J connectivity index is 2.29. The molecule has 78 valence electrons. The van der Waals surface area contributed by atoms with Crippen molar-refractivity contribution in [2.24, 2.45) is 0 Å². The number of nitrogens with two attached hydrogens (primary N) is 1. The van der Waals surface area contributed by atoms with E-state index in [2.05, 4.69) is 15.9 Å². The third kappa shape index (κ3) is 2.38. The Morgan fingerprint density at radius 3 is 2.67 bits per heavy atom. The molecule has 0 unspecified atom stereocenters. The van der Waals surface area contributed by atoms with Crippen LogP contribution in [0, 0.1) is 6.92 Å². The maximum atomic E-state index is 5.67. The van der Waals surface area contributed by atoms with Crippen LogP contribution in [0.4, 0.5) is 5.69 Å². The summed E-state index contributed by atoms with van der Waals surface area (Å²) < 4.78 is 6.25. The van der Waals surface area contributed by atoms with E-state index in [1.54, 1.807) is 18.0 Å². The van der Waals surface area contributed by atoms with E-state index < -0.39 is 0 Å². The minimum absolute atomic E-state index is 0.759. The number of furan rings is 1. The molecule has 0 spiro atoms. The topological polar surface area (TPSA) is 39.2 Å². The number of benzene rings is 1. The maximum Gasteiger partial charge on any atom is 0.114 e. The van der Waals surface area contributed by atoms with Crippen LogP contribution in [-0.4, -0.2) is 0 Å². The van der Waals surface area contributed by atoms with Crippen molar-refractivity contribution in [1.82, 2.24) is 0 Å². The molecule has 0 bridgehead atoms. The second-order valence-electron chi connectivity index (χ2n) is 3.13. The summed E-state index contributed by atoms with van der Waals surface area (Å²) in [6.45, 7) is 1.95. The molecule has 0 saturated heterocycles. The molecule has 0 amide bonds. The fourth-order valence-electron chi connectivity index (χ4n) is 1.20. The Kier molecular flexibility index (Phi) is 3.07. The molecule has 2 rings (SSSR count). The molecular weight excluding hydrogens is 274 g/mol. The maximum absolute atomic E-state index is 5.67. The molecule has 0 aliphatic heterocycles. The SMILES string of the molecule is Cc1occc1Sc1ccc(N)cc1Br. The van der Waals surface area contributed by atoms with E-state index in [9.17, 15) is 0 Å². The Labute approximate surface area is 101 Å². The lowest BCUT2D eigenvalue weighted by molar-refractivity contribution is 0.527. The lowest BCUT2D eigenvalue weighted by Crippen LogP contribution is -1.84. The molecule has 15 heavy (non-hydrogen) atoms. The van der Waals surface area contributed by atoms with Crippen LogP contribution in [0.5, 0.6) is 0 Å². The number of hydrogen-bond donors (Lipinski definition) is 1. The minimum Gasteiger partial charge on any atom is -0.468 e. The highest BCUT2D eigenvalue weighted by Gasteiger charge is 2.06. The fourth-order valence-corrected chi connectivity index (χ4v) is 2.68. The van der Waals surface area contributed by atoms with Crippen LogP contribution < -0.4 is 5.73 Å². The quantitative estimate of drug-likeness (QED) is 0.844. The van der Waals surface area contributed by atoms with Crippen LogP contribution in [0.2, 0.25) is 0 Å². The van der Waals surface area contributed by atoms with Crippen molar-refractivity contribution in [1.29, 1.82) is 0 Å². The third-order valence-corrected chi connectivity index (χ3v) is 4.12. The van der Waals surface area contributed by atoms with Crippen molar-refractivity contribution in [2.75, 3.05) is 5.73 Å². The van der Waals surface area contributed by atoms with E-state index in [0.29, 0.717) is 0 Å². The van der Waals surface area contributed by atoms with E-state index in [1.807, 2.05) is 31.2 Å². The first kappa shape index (κ1) is 10.6. The van der Waals surface area contributed by atoms with E-state index in [-0.39, 0.29) is 0 Å². The minimum atomic E-state index is 0.759. The number of anilines is 1. The van der Waals surface area contributed by atoms with Crippen molar-refractivity contribution in [3.63, 3.8) is 0 Å². The summed E-state index contributed by atoms with van der Waals surface area (Å²) in [6, 6.07) is 7.75. The number of rotatable bonds is 2. The van der Waals surface area contributed by atoms with Gasteiger partial charge in [-0.05, 0) is 47.1 Å². The molecule has 0 saturated carbocycles. The highest BCUT2D eigenvalue weighted by molar-refractivity contribution is 9.10. The normalized spacial score (nSPS) is 10.5. The van der Waals surface area contributed by atoms with Crippen molar-refractivity contribution >= 4 is 33.4 Å². The molecule has 2 nitrogen and oxygen atoms in total. The molecule has 0 fully saturated rings. The van der Waals surface area contributed by atoms with Gasteiger partial charge in [-0.2, -0.15) is 0 Å². The zero-order valence-electron chi connectivity index (χ0n) is 8.16. The number of halogens is 1. The van der Waals surface area contributed by atoms with Crippen LogP contribution in [0.15, 0.2) is 49.2 Å². The molecule has 4 heteroatoms. The fraction of sp³-hybridized carbons (Fsp3) is 0.0909. The first-order chi connectivity index (χ1) is 7.16. The molecule has 0 aliphatic carbocycles. The van der Waals surface area contributed by atoms with E-state index in [0.717, 1.165) is 25.7 Å². The van der Waals surface area contributed by atoms with Crippen molar-refractivity contribution in [3.8, 4) is 0 Å². The lowest BCUT2D eigenvalue weighted by atomic mass is 10.3. The first-order valence-electron chi connectivity index (χ1n) is 4.44. The summed E-state index contributed by atoms with van der Waals surface area (Å²) >= 11 is 5.15. The van der Waals surface area contributed by atoms with Gasteiger partial charge in [-0.15, -0.1) is 0 Å². The smallest absolute Gasteiger partial charge is 0.114 e. The predicted molar refractivity (Wildman–Crippen MR) is 66.1 cm³/mol. The zero-order chi connectivity index (χ0) is 10.8. The van der Waals surface area contributed by atoms with Gasteiger partial charge in [0.15, 0.2) is 0 Å². The van der Waals surface area contributed by atoms with Gasteiger partial charge in [-0.3, -0.25) is 0 Å². The molecule has 0 aliphatic rings. The molecule has 1 aromatic heterocycles.